The lowest BCUT2D eigenvalue weighted by Gasteiger charge is -2.34. The number of thioether (sulfide) groups is 1. The van der Waals surface area contributed by atoms with Crippen molar-refractivity contribution in [3.8, 4) is 0 Å². The number of nitrogens with one attached hydrogen (secondary N) is 1. The van der Waals surface area contributed by atoms with Crippen LogP contribution in [0.3, 0.4) is 0 Å². The number of para-hydroxylation sites is 1. The maximum Gasteiger partial charge on any atom is 0.238 e. The summed E-state index contributed by atoms with van der Waals surface area (Å²) < 4.78 is 0. The van der Waals surface area contributed by atoms with E-state index in [0.717, 1.165) is 48.5 Å². The van der Waals surface area contributed by atoms with E-state index in [1.165, 1.54) is 0 Å². The summed E-state index contributed by atoms with van der Waals surface area (Å²) in [6, 6.07) is 9.68. The molecule has 0 saturated carbocycles. The minimum atomic E-state index is 0.0149. The maximum absolute atomic E-state index is 12.4. The fraction of sp³-hybridized carbons (Fsp3) is 0.316. The third-order valence-electron chi connectivity index (χ3n) is 4.09. The molecular formula is C19H23N5OS. The maximum atomic E-state index is 12.4. The molecule has 0 spiro atoms. The second kappa shape index (κ2) is 9.35. The SMILES string of the molecule is C=CCSc1ccccc1NC(=O)CN1CCN(c2ncccn2)CC1. The predicted molar refractivity (Wildman–Crippen MR) is 107 cm³/mol. The molecule has 0 atom stereocenters. The third-order valence-corrected chi connectivity index (χ3v) is 5.16. The van der Waals surface area contributed by atoms with Crippen LogP contribution in [-0.2, 0) is 4.79 Å². The van der Waals surface area contributed by atoms with Crippen molar-refractivity contribution in [2.75, 3.05) is 48.7 Å². The highest BCUT2D eigenvalue weighted by Crippen LogP contribution is 2.26. The van der Waals surface area contributed by atoms with Crippen LogP contribution in [-0.4, -0.2) is 59.3 Å². The Morgan fingerprint density at radius 1 is 1.15 bits per heavy atom. The van der Waals surface area contributed by atoms with Crippen molar-refractivity contribution in [1.82, 2.24) is 14.9 Å². The number of piperazine rings is 1. The number of carbonyl (C=O) groups excluding carboxylic acids is 1. The van der Waals surface area contributed by atoms with Crippen LogP contribution in [0.2, 0.25) is 0 Å². The molecule has 2 aromatic rings. The van der Waals surface area contributed by atoms with E-state index in [2.05, 4.69) is 31.7 Å². The van der Waals surface area contributed by atoms with Gasteiger partial charge in [0.2, 0.25) is 11.9 Å². The van der Waals surface area contributed by atoms with Crippen LogP contribution < -0.4 is 10.2 Å². The average molecular weight is 369 g/mol. The minimum Gasteiger partial charge on any atom is -0.338 e. The highest BCUT2D eigenvalue weighted by molar-refractivity contribution is 7.99. The van der Waals surface area contributed by atoms with Crippen molar-refractivity contribution in [3.63, 3.8) is 0 Å². The average Bonchev–Trinajstić information content (AvgIpc) is 2.68. The van der Waals surface area contributed by atoms with E-state index in [-0.39, 0.29) is 5.91 Å². The lowest BCUT2D eigenvalue weighted by molar-refractivity contribution is -0.117. The van der Waals surface area contributed by atoms with Gasteiger partial charge in [-0.05, 0) is 18.2 Å². The van der Waals surface area contributed by atoms with Crippen molar-refractivity contribution in [3.05, 3.63) is 55.4 Å². The van der Waals surface area contributed by atoms with Gasteiger partial charge in [-0.1, -0.05) is 18.2 Å². The number of aromatic nitrogens is 2. The molecule has 1 saturated heterocycles. The lowest BCUT2D eigenvalue weighted by atomic mass is 10.3. The number of hydrogen-bond donors (Lipinski definition) is 1. The van der Waals surface area contributed by atoms with Gasteiger partial charge in [-0.25, -0.2) is 9.97 Å². The molecule has 0 aliphatic carbocycles. The van der Waals surface area contributed by atoms with Crippen LogP contribution in [0.25, 0.3) is 0 Å². The molecule has 1 aromatic heterocycles. The van der Waals surface area contributed by atoms with E-state index in [0.29, 0.717) is 6.54 Å². The Balaban J connectivity index is 1.50. The van der Waals surface area contributed by atoms with E-state index in [1.54, 1.807) is 24.2 Å². The number of amides is 1. The summed E-state index contributed by atoms with van der Waals surface area (Å²) in [5.74, 6) is 1.59. The van der Waals surface area contributed by atoms with Crippen molar-refractivity contribution >= 4 is 29.3 Å². The summed E-state index contributed by atoms with van der Waals surface area (Å²) in [6.45, 7) is 7.42. The monoisotopic (exact) mass is 369 g/mol. The van der Waals surface area contributed by atoms with Crippen molar-refractivity contribution in [2.45, 2.75) is 4.90 Å². The van der Waals surface area contributed by atoms with Crippen LogP contribution in [0.5, 0.6) is 0 Å². The normalized spacial score (nSPS) is 14.8. The number of rotatable bonds is 7. The summed E-state index contributed by atoms with van der Waals surface area (Å²) in [5.41, 5.74) is 0.862. The van der Waals surface area contributed by atoms with Gasteiger partial charge < -0.3 is 10.2 Å². The molecule has 1 N–H and O–H groups in total. The summed E-state index contributed by atoms with van der Waals surface area (Å²) >= 11 is 1.67. The van der Waals surface area contributed by atoms with Gasteiger partial charge >= 0.3 is 0 Å². The molecule has 3 rings (SSSR count). The molecule has 0 radical (unpaired) electrons. The van der Waals surface area contributed by atoms with E-state index in [4.69, 9.17) is 0 Å². The molecule has 7 heteroatoms. The number of anilines is 2. The first-order valence-electron chi connectivity index (χ1n) is 8.63. The Morgan fingerprint density at radius 3 is 2.62 bits per heavy atom. The zero-order valence-electron chi connectivity index (χ0n) is 14.7. The van der Waals surface area contributed by atoms with Gasteiger partial charge in [-0.15, -0.1) is 18.3 Å². The number of nitrogens with zero attached hydrogens (tertiary/aromatic N) is 4. The van der Waals surface area contributed by atoms with Gasteiger partial charge in [0.1, 0.15) is 0 Å². The van der Waals surface area contributed by atoms with Crippen LogP contribution >= 0.6 is 11.8 Å². The standard InChI is InChI=1S/C19H23N5OS/c1-2-14-26-17-7-4-3-6-16(17)22-18(25)15-23-10-12-24(13-11-23)19-20-8-5-9-21-19/h2-9H,1,10-15H2,(H,22,25). The largest absolute Gasteiger partial charge is 0.338 e. The van der Waals surface area contributed by atoms with Gasteiger partial charge in [-0.2, -0.15) is 0 Å². The minimum absolute atomic E-state index is 0.0149. The van der Waals surface area contributed by atoms with Gasteiger partial charge in [0.15, 0.2) is 0 Å². The first-order valence-corrected chi connectivity index (χ1v) is 9.61. The number of carbonyl (C=O) groups is 1. The van der Waals surface area contributed by atoms with Crippen LogP contribution in [0.1, 0.15) is 0 Å². The first kappa shape index (κ1) is 18.4. The van der Waals surface area contributed by atoms with Gasteiger partial charge in [0, 0.05) is 49.2 Å². The Bertz CT molecular complexity index is 732. The quantitative estimate of drug-likeness (QED) is 0.598. The molecule has 1 aliphatic rings. The second-order valence-corrected chi connectivity index (χ2v) is 7.02. The van der Waals surface area contributed by atoms with Crippen molar-refractivity contribution in [2.24, 2.45) is 0 Å². The molecule has 0 bridgehead atoms. The molecular weight excluding hydrogens is 346 g/mol. The zero-order valence-corrected chi connectivity index (χ0v) is 15.5. The lowest BCUT2D eigenvalue weighted by Crippen LogP contribution is -2.49. The molecule has 1 amide bonds. The zero-order chi connectivity index (χ0) is 18.2. The van der Waals surface area contributed by atoms with Gasteiger partial charge in [-0.3, -0.25) is 9.69 Å². The third kappa shape index (κ3) is 5.06. The second-order valence-electron chi connectivity index (χ2n) is 5.96. The van der Waals surface area contributed by atoms with Crippen molar-refractivity contribution in [1.29, 1.82) is 0 Å². The predicted octanol–water partition coefficient (Wildman–Crippen LogP) is 2.52. The molecule has 0 unspecified atom stereocenters. The Morgan fingerprint density at radius 2 is 1.88 bits per heavy atom. The van der Waals surface area contributed by atoms with Crippen LogP contribution in [0, 0.1) is 0 Å². The summed E-state index contributed by atoms with van der Waals surface area (Å²) in [6.07, 6.45) is 5.37. The molecule has 1 aromatic carbocycles. The number of hydrogen-bond acceptors (Lipinski definition) is 6. The molecule has 2 heterocycles. The molecule has 6 nitrogen and oxygen atoms in total. The van der Waals surface area contributed by atoms with Crippen LogP contribution in [0.15, 0.2) is 60.3 Å². The fourth-order valence-electron chi connectivity index (χ4n) is 2.80. The summed E-state index contributed by atoms with van der Waals surface area (Å²) in [7, 11) is 0. The number of benzene rings is 1. The van der Waals surface area contributed by atoms with Gasteiger partial charge in [0.25, 0.3) is 0 Å². The summed E-state index contributed by atoms with van der Waals surface area (Å²) in [5, 5.41) is 3.04. The van der Waals surface area contributed by atoms with E-state index in [9.17, 15) is 4.79 Å². The first-order chi connectivity index (χ1) is 12.8. The Hall–Kier alpha value is -2.38. The van der Waals surface area contributed by atoms with Crippen molar-refractivity contribution < 1.29 is 4.79 Å². The van der Waals surface area contributed by atoms with Gasteiger partial charge in [0.05, 0.1) is 12.2 Å². The molecule has 1 aliphatic heterocycles. The molecule has 26 heavy (non-hydrogen) atoms. The van der Waals surface area contributed by atoms with E-state index >= 15 is 0 Å². The summed E-state index contributed by atoms with van der Waals surface area (Å²) in [4.78, 5) is 26.4. The van der Waals surface area contributed by atoms with E-state index < -0.39 is 0 Å². The van der Waals surface area contributed by atoms with Crippen LogP contribution in [0.4, 0.5) is 11.6 Å². The smallest absolute Gasteiger partial charge is 0.238 e. The highest BCUT2D eigenvalue weighted by Gasteiger charge is 2.20. The Kier molecular flexibility index (Phi) is 6.62. The fourth-order valence-corrected chi connectivity index (χ4v) is 3.54. The van der Waals surface area contributed by atoms with E-state index in [1.807, 2.05) is 36.4 Å². The Labute approximate surface area is 158 Å². The highest BCUT2D eigenvalue weighted by atomic mass is 32.2. The molecule has 1 fully saturated rings. The molecule has 136 valence electrons. The topological polar surface area (TPSA) is 61.4 Å².